The topological polar surface area (TPSA) is 29.3 Å². The van der Waals surface area contributed by atoms with Crippen LogP contribution in [0.15, 0.2) is 24.3 Å². The summed E-state index contributed by atoms with van der Waals surface area (Å²) >= 11 is 5.07. The first-order valence-electron chi connectivity index (χ1n) is 5.32. The van der Waals surface area contributed by atoms with Gasteiger partial charge in [-0.1, -0.05) is 31.3 Å². The van der Waals surface area contributed by atoms with Gasteiger partial charge in [0.15, 0.2) is 0 Å². The lowest BCUT2D eigenvalue weighted by Crippen LogP contribution is -2.23. The molecule has 2 N–H and O–H groups in total. The number of thiocarbonyl (C=S) groups is 1. The Kier molecular flexibility index (Phi) is 2.91. The first-order chi connectivity index (χ1) is 7.18. The van der Waals surface area contributed by atoms with Crippen LogP contribution in [-0.4, -0.2) is 18.1 Å². The molecule has 0 saturated carbocycles. The fourth-order valence-corrected chi connectivity index (χ4v) is 2.28. The van der Waals surface area contributed by atoms with Crippen LogP contribution in [0.4, 0.5) is 5.69 Å². The van der Waals surface area contributed by atoms with Crippen LogP contribution in [0.25, 0.3) is 0 Å². The molecule has 3 heteroatoms. The van der Waals surface area contributed by atoms with Crippen LogP contribution < -0.4 is 10.6 Å². The van der Waals surface area contributed by atoms with Gasteiger partial charge < -0.3 is 10.6 Å². The Bertz CT molecular complexity index is 376. The van der Waals surface area contributed by atoms with Crippen LogP contribution in [0.3, 0.4) is 0 Å². The average Bonchev–Trinajstić information content (AvgIpc) is 2.65. The second-order valence-electron chi connectivity index (χ2n) is 4.22. The molecule has 0 spiro atoms. The highest BCUT2D eigenvalue weighted by molar-refractivity contribution is 7.80. The van der Waals surface area contributed by atoms with E-state index in [1.807, 2.05) is 18.2 Å². The summed E-state index contributed by atoms with van der Waals surface area (Å²) in [7, 11) is 0. The van der Waals surface area contributed by atoms with Crippen molar-refractivity contribution < 1.29 is 0 Å². The highest BCUT2D eigenvalue weighted by Crippen LogP contribution is 2.26. The SMILES string of the molecule is CC1CCN(c2ccccc2C(N)=S)C1. The van der Waals surface area contributed by atoms with Crippen molar-refractivity contribution in [2.75, 3.05) is 18.0 Å². The van der Waals surface area contributed by atoms with E-state index in [-0.39, 0.29) is 0 Å². The Morgan fingerprint density at radius 1 is 1.47 bits per heavy atom. The molecule has 1 saturated heterocycles. The van der Waals surface area contributed by atoms with E-state index in [2.05, 4.69) is 17.9 Å². The fraction of sp³-hybridized carbons (Fsp3) is 0.417. The highest BCUT2D eigenvalue weighted by Gasteiger charge is 2.21. The molecule has 0 aliphatic carbocycles. The van der Waals surface area contributed by atoms with Crippen LogP contribution in [0.5, 0.6) is 0 Å². The van der Waals surface area contributed by atoms with E-state index in [1.54, 1.807) is 0 Å². The minimum Gasteiger partial charge on any atom is -0.389 e. The lowest BCUT2D eigenvalue weighted by Gasteiger charge is -2.21. The summed E-state index contributed by atoms with van der Waals surface area (Å²) in [5.74, 6) is 0.768. The maximum absolute atomic E-state index is 5.72. The summed E-state index contributed by atoms with van der Waals surface area (Å²) in [6.07, 6.45) is 1.26. The Hall–Kier alpha value is -1.09. The molecule has 0 aromatic heterocycles. The smallest absolute Gasteiger partial charge is 0.106 e. The number of nitrogens with zero attached hydrogens (tertiary/aromatic N) is 1. The molecule has 1 aliphatic heterocycles. The molecule has 1 unspecified atom stereocenters. The third kappa shape index (κ3) is 2.12. The van der Waals surface area contributed by atoms with Gasteiger partial charge in [0.25, 0.3) is 0 Å². The minimum atomic E-state index is 0.491. The van der Waals surface area contributed by atoms with E-state index in [1.165, 1.54) is 12.1 Å². The molecule has 1 atom stereocenters. The number of hydrogen-bond donors (Lipinski definition) is 1. The zero-order chi connectivity index (χ0) is 10.8. The summed E-state index contributed by atoms with van der Waals surface area (Å²) in [5.41, 5.74) is 7.91. The number of rotatable bonds is 2. The highest BCUT2D eigenvalue weighted by atomic mass is 32.1. The van der Waals surface area contributed by atoms with Crippen LogP contribution in [0, 0.1) is 5.92 Å². The van der Waals surface area contributed by atoms with Crippen molar-refractivity contribution in [2.24, 2.45) is 11.7 Å². The van der Waals surface area contributed by atoms with Gasteiger partial charge in [-0.3, -0.25) is 0 Å². The van der Waals surface area contributed by atoms with Gasteiger partial charge in [-0.15, -0.1) is 0 Å². The molecule has 1 aliphatic rings. The van der Waals surface area contributed by atoms with Crippen molar-refractivity contribution in [3.05, 3.63) is 29.8 Å². The normalized spacial score (nSPS) is 20.6. The molecule has 2 nitrogen and oxygen atoms in total. The van der Waals surface area contributed by atoms with E-state index in [0.29, 0.717) is 4.99 Å². The van der Waals surface area contributed by atoms with Crippen LogP contribution in [0.1, 0.15) is 18.9 Å². The largest absolute Gasteiger partial charge is 0.389 e. The van der Waals surface area contributed by atoms with Crippen molar-refractivity contribution in [2.45, 2.75) is 13.3 Å². The van der Waals surface area contributed by atoms with Crippen molar-refractivity contribution in [1.82, 2.24) is 0 Å². The van der Waals surface area contributed by atoms with E-state index in [0.717, 1.165) is 24.6 Å². The van der Waals surface area contributed by atoms with Gasteiger partial charge in [0, 0.05) is 24.3 Å². The monoisotopic (exact) mass is 220 g/mol. The molecular weight excluding hydrogens is 204 g/mol. The number of nitrogens with two attached hydrogens (primary N) is 1. The molecular formula is C12H16N2S. The van der Waals surface area contributed by atoms with Crippen molar-refractivity contribution >= 4 is 22.9 Å². The summed E-state index contributed by atoms with van der Waals surface area (Å²) in [4.78, 5) is 2.87. The fourth-order valence-electron chi connectivity index (χ4n) is 2.11. The van der Waals surface area contributed by atoms with Gasteiger partial charge in [-0.2, -0.15) is 0 Å². The molecule has 0 amide bonds. The molecule has 1 aromatic rings. The van der Waals surface area contributed by atoms with Gasteiger partial charge in [0.2, 0.25) is 0 Å². The number of hydrogen-bond acceptors (Lipinski definition) is 2. The lowest BCUT2D eigenvalue weighted by molar-refractivity contribution is 0.659. The maximum atomic E-state index is 5.72. The van der Waals surface area contributed by atoms with E-state index < -0.39 is 0 Å². The van der Waals surface area contributed by atoms with E-state index in [4.69, 9.17) is 18.0 Å². The Morgan fingerprint density at radius 2 is 2.20 bits per heavy atom. The first kappa shape index (κ1) is 10.4. The van der Waals surface area contributed by atoms with Gasteiger partial charge in [-0.05, 0) is 24.5 Å². The molecule has 1 fully saturated rings. The predicted octanol–water partition coefficient (Wildman–Crippen LogP) is 2.17. The standard InChI is InChI=1S/C12H16N2S/c1-9-6-7-14(8-9)11-5-3-2-4-10(11)12(13)15/h2-5,9H,6-8H2,1H3,(H2,13,15). The Labute approximate surface area is 96.1 Å². The van der Waals surface area contributed by atoms with Crippen molar-refractivity contribution in [3.63, 3.8) is 0 Å². The van der Waals surface area contributed by atoms with Crippen molar-refractivity contribution in [1.29, 1.82) is 0 Å². The molecule has 15 heavy (non-hydrogen) atoms. The summed E-state index contributed by atoms with van der Waals surface area (Å²) in [5, 5.41) is 0. The van der Waals surface area contributed by atoms with E-state index in [9.17, 15) is 0 Å². The molecule has 1 aromatic carbocycles. The molecule has 1 heterocycles. The quantitative estimate of drug-likeness (QED) is 0.775. The lowest BCUT2D eigenvalue weighted by atomic mass is 10.1. The van der Waals surface area contributed by atoms with Crippen molar-refractivity contribution in [3.8, 4) is 0 Å². The summed E-state index contributed by atoms with van der Waals surface area (Å²) in [6, 6.07) is 8.13. The molecule has 0 radical (unpaired) electrons. The third-order valence-electron chi connectivity index (χ3n) is 2.93. The number of benzene rings is 1. The van der Waals surface area contributed by atoms with Gasteiger partial charge >= 0.3 is 0 Å². The Morgan fingerprint density at radius 3 is 2.80 bits per heavy atom. The minimum absolute atomic E-state index is 0.491. The first-order valence-corrected chi connectivity index (χ1v) is 5.73. The average molecular weight is 220 g/mol. The number of anilines is 1. The summed E-state index contributed by atoms with van der Waals surface area (Å²) < 4.78 is 0. The van der Waals surface area contributed by atoms with Crippen LogP contribution in [0.2, 0.25) is 0 Å². The summed E-state index contributed by atoms with van der Waals surface area (Å²) in [6.45, 7) is 4.50. The van der Waals surface area contributed by atoms with Gasteiger partial charge in [0.05, 0.1) is 0 Å². The van der Waals surface area contributed by atoms with Gasteiger partial charge in [-0.25, -0.2) is 0 Å². The maximum Gasteiger partial charge on any atom is 0.106 e. The molecule has 2 rings (SSSR count). The van der Waals surface area contributed by atoms with Crippen LogP contribution in [-0.2, 0) is 0 Å². The zero-order valence-corrected chi connectivity index (χ0v) is 9.76. The molecule has 0 bridgehead atoms. The Balaban J connectivity index is 2.31. The number of para-hydroxylation sites is 1. The predicted molar refractivity (Wildman–Crippen MR) is 68.3 cm³/mol. The van der Waals surface area contributed by atoms with E-state index >= 15 is 0 Å². The molecule has 80 valence electrons. The second-order valence-corrected chi connectivity index (χ2v) is 4.66. The second kappa shape index (κ2) is 4.19. The third-order valence-corrected chi connectivity index (χ3v) is 3.15. The van der Waals surface area contributed by atoms with Gasteiger partial charge in [0.1, 0.15) is 4.99 Å². The zero-order valence-electron chi connectivity index (χ0n) is 8.94. The van der Waals surface area contributed by atoms with Crippen LogP contribution >= 0.6 is 12.2 Å².